The molecular formula is C19H22BN5O3. The first kappa shape index (κ1) is 18.6. The van der Waals surface area contributed by atoms with Gasteiger partial charge in [-0.1, -0.05) is 5.92 Å². The number of piperidine rings is 1. The van der Waals surface area contributed by atoms with Gasteiger partial charge < -0.3 is 9.64 Å². The maximum Gasteiger partial charge on any atom is 0.410 e. The predicted octanol–water partition coefficient (Wildman–Crippen LogP) is 0.601. The highest BCUT2D eigenvalue weighted by molar-refractivity contribution is 6.29. The minimum absolute atomic E-state index is 0.124. The van der Waals surface area contributed by atoms with E-state index in [4.69, 9.17) is 19.0 Å². The second-order valence-corrected chi connectivity index (χ2v) is 8.59. The van der Waals surface area contributed by atoms with Crippen LogP contribution in [0.25, 0.3) is 5.78 Å². The lowest BCUT2D eigenvalue weighted by atomic mass is 9.74. The maximum absolute atomic E-state index is 13.2. The molecule has 0 unspecified atom stereocenters. The summed E-state index contributed by atoms with van der Waals surface area (Å²) in [6, 6.07) is 0. The fourth-order valence-electron chi connectivity index (χ4n) is 4.32. The number of nitrogens with zero attached hydrogens (tertiary/aromatic N) is 4. The lowest BCUT2D eigenvalue weighted by Crippen LogP contribution is -2.47. The Morgan fingerprint density at radius 2 is 2.04 bits per heavy atom. The van der Waals surface area contributed by atoms with Crippen LogP contribution in [0.5, 0.6) is 0 Å². The molecular weight excluding hydrogens is 357 g/mol. The summed E-state index contributed by atoms with van der Waals surface area (Å²) in [6.07, 6.45) is 7.32. The summed E-state index contributed by atoms with van der Waals surface area (Å²) in [5.74, 6) is 2.75. The van der Waals surface area contributed by atoms with Crippen LogP contribution in [0.4, 0.5) is 4.79 Å². The Morgan fingerprint density at radius 3 is 2.64 bits per heavy atom. The van der Waals surface area contributed by atoms with E-state index in [1.54, 1.807) is 4.90 Å². The van der Waals surface area contributed by atoms with Crippen LogP contribution < -0.4 is 11.3 Å². The van der Waals surface area contributed by atoms with E-state index in [0.717, 1.165) is 0 Å². The van der Waals surface area contributed by atoms with Crippen molar-refractivity contribution >= 4 is 25.4 Å². The molecule has 1 fully saturated rings. The van der Waals surface area contributed by atoms with Gasteiger partial charge in [0.15, 0.2) is 7.85 Å². The second-order valence-electron chi connectivity index (χ2n) is 8.59. The van der Waals surface area contributed by atoms with Crippen molar-refractivity contribution in [3.63, 3.8) is 0 Å². The highest BCUT2D eigenvalue weighted by atomic mass is 16.6. The number of ether oxygens (including phenoxy) is 1. The SMILES string of the molecule is [B]c1nc2nc3c(c(=O)n2[nH]1)C1(CCN(C(=O)OC(C)(C)C)CC1)C[C@@H]3C#C. The first-order valence-electron chi connectivity index (χ1n) is 9.36. The van der Waals surface area contributed by atoms with Crippen molar-refractivity contribution in [1.82, 2.24) is 24.5 Å². The van der Waals surface area contributed by atoms with Crippen LogP contribution in [0.1, 0.15) is 57.2 Å². The van der Waals surface area contributed by atoms with Gasteiger partial charge in [0, 0.05) is 24.1 Å². The van der Waals surface area contributed by atoms with Crippen LogP contribution in [0, 0.1) is 12.3 Å². The summed E-state index contributed by atoms with van der Waals surface area (Å²) in [4.78, 5) is 35.9. The first-order valence-corrected chi connectivity index (χ1v) is 9.36. The fraction of sp³-hybridized carbons (Fsp3) is 0.579. The molecule has 2 aliphatic rings. The number of likely N-dealkylation sites (tertiary alicyclic amines) is 1. The first-order chi connectivity index (χ1) is 13.1. The average molecular weight is 379 g/mol. The zero-order valence-electron chi connectivity index (χ0n) is 16.3. The second kappa shape index (κ2) is 6.13. The van der Waals surface area contributed by atoms with Crippen molar-refractivity contribution in [1.29, 1.82) is 0 Å². The van der Waals surface area contributed by atoms with E-state index < -0.39 is 11.0 Å². The van der Waals surface area contributed by atoms with Crippen LogP contribution in [-0.2, 0) is 10.2 Å². The van der Waals surface area contributed by atoms with Crippen LogP contribution in [0.2, 0.25) is 0 Å². The maximum atomic E-state index is 13.2. The number of carbonyl (C=O) groups excluding carboxylic acids is 1. The van der Waals surface area contributed by atoms with Crippen LogP contribution >= 0.6 is 0 Å². The van der Waals surface area contributed by atoms with Gasteiger partial charge in [-0.3, -0.25) is 9.89 Å². The number of H-pyrrole nitrogens is 1. The molecule has 0 saturated carbocycles. The number of nitrogens with one attached hydrogen (secondary N) is 1. The minimum atomic E-state index is -0.546. The molecule has 3 heterocycles. The zero-order valence-corrected chi connectivity index (χ0v) is 16.3. The molecule has 9 heteroatoms. The van der Waals surface area contributed by atoms with Crippen LogP contribution in [0.15, 0.2) is 4.79 Å². The lowest BCUT2D eigenvalue weighted by molar-refractivity contribution is 0.0162. The molecule has 1 aliphatic heterocycles. The number of aromatic amines is 1. The smallest absolute Gasteiger partial charge is 0.410 e. The summed E-state index contributed by atoms with van der Waals surface area (Å²) in [6.45, 7) is 6.52. The Balaban J connectivity index is 1.68. The largest absolute Gasteiger partial charge is 0.444 e. The van der Waals surface area contributed by atoms with Crippen molar-refractivity contribution in [2.24, 2.45) is 0 Å². The molecule has 2 aromatic heterocycles. The molecule has 2 radical (unpaired) electrons. The number of hydrogen-bond acceptors (Lipinski definition) is 5. The highest BCUT2D eigenvalue weighted by Crippen LogP contribution is 2.49. The lowest BCUT2D eigenvalue weighted by Gasteiger charge is -2.39. The summed E-state index contributed by atoms with van der Waals surface area (Å²) >= 11 is 0. The molecule has 28 heavy (non-hydrogen) atoms. The molecule has 1 spiro atoms. The normalized spacial score (nSPS) is 20.9. The van der Waals surface area contributed by atoms with Crippen molar-refractivity contribution < 1.29 is 9.53 Å². The van der Waals surface area contributed by atoms with Gasteiger partial charge in [0.05, 0.1) is 17.3 Å². The molecule has 1 saturated heterocycles. The van der Waals surface area contributed by atoms with Crippen molar-refractivity contribution in [2.45, 2.75) is 57.0 Å². The Morgan fingerprint density at radius 1 is 1.36 bits per heavy atom. The summed E-state index contributed by atoms with van der Waals surface area (Å²) in [7, 11) is 5.69. The molecule has 1 amide bonds. The molecule has 1 N–H and O–H groups in total. The van der Waals surface area contributed by atoms with Gasteiger partial charge in [-0.15, -0.1) is 6.42 Å². The van der Waals surface area contributed by atoms with Gasteiger partial charge in [-0.25, -0.2) is 14.8 Å². The zero-order chi connectivity index (χ0) is 20.3. The Labute approximate surface area is 164 Å². The third-order valence-corrected chi connectivity index (χ3v) is 5.57. The van der Waals surface area contributed by atoms with Gasteiger partial charge >= 0.3 is 6.09 Å². The number of hydrogen-bond donors (Lipinski definition) is 1. The molecule has 2 aromatic rings. The van der Waals surface area contributed by atoms with Crippen molar-refractivity contribution in [3.05, 3.63) is 21.6 Å². The van der Waals surface area contributed by atoms with Gasteiger partial charge in [-0.2, -0.15) is 4.52 Å². The van der Waals surface area contributed by atoms with E-state index >= 15 is 0 Å². The van der Waals surface area contributed by atoms with E-state index in [0.29, 0.717) is 43.6 Å². The third kappa shape index (κ3) is 2.88. The van der Waals surface area contributed by atoms with E-state index in [1.165, 1.54) is 4.52 Å². The number of carbonyl (C=O) groups is 1. The minimum Gasteiger partial charge on any atom is -0.444 e. The number of rotatable bonds is 0. The molecule has 144 valence electrons. The summed E-state index contributed by atoms with van der Waals surface area (Å²) in [5.41, 5.74) is 0.197. The summed E-state index contributed by atoms with van der Waals surface area (Å²) in [5, 5.41) is 2.74. The third-order valence-electron chi connectivity index (χ3n) is 5.57. The number of amides is 1. The molecule has 0 bridgehead atoms. The molecule has 1 atom stereocenters. The van der Waals surface area contributed by atoms with Crippen molar-refractivity contribution in [2.75, 3.05) is 13.1 Å². The topological polar surface area (TPSA) is 92.6 Å². The average Bonchev–Trinajstić information content (AvgIpc) is 3.12. The van der Waals surface area contributed by atoms with E-state index in [-0.39, 0.29) is 29.1 Å². The molecule has 0 aromatic carbocycles. The summed E-state index contributed by atoms with van der Waals surface area (Å²) < 4.78 is 6.75. The quantitative estimate of drug-likeness (QED) is 0.535. The van der Waals surface area contributed by atoms with Gasteiger partial charge in [0.1, 0.15) is 5.60 Å². The standard InChI is InChI=1S/C19H22BN5O3/c1-5-11-10-19(6-8-24(9-7-19)17(27)28-18(2,3)4)12-13(11)21-16-22-15(20)23-25(16)14(12)26/h1,11H,6-10H2,2-4H3,(H,21,22,23)/t11-/m0/s1. The van der Waals surface area contributed by atoms with E-state index in [1.807, 2.05) is 20.8 Å². The molecule has 1 aliphatic carbocycles. The van der Waals surface area contributed by atoms with Crippen LogP contribution in [0.3, 0.4) is 0 Å². The number of aromatic nitrogens is 4. The number of terminal acetylenes is 1. The molecule has 8 nitrogen and oxygen atoms in total. The Kier molecular flexibility index (Phi) is 4.07. The van der Waals surface area contributed by atoms with Gasteiger partial charge in [-0.05, 0) is 40.0 Å². The van der Waals surface area contributed by atoms with E-state index in [9.17, 15) is 9.59 Å². The fourth-order valence-corrected chi connectivity index (χ4v) is 4.32. The number of fused-ring (bicyclic) bond motifs is 3. The van der Waals surface area contributed by atoms with Crippen molar-refractivity contribution in [3.8, 4) is 12.3 Å². The monoisotopic (exact) mass is 379 g/mol. The van der Waals surface area contributed by atoms with E-state index in [2.05, 4.69) is 21.0 Å². The van der Waals surface area contributed by atoms with Gasteiger partial charge in [0.2, 0.25) is 0 Å². The van der Waals surface area contributed by atoms with Gasteiger partial charge in [0.25, 0.3) is 11.3 Å². The Hall–Kier alpha value is -2.76. The highest BCUT2D eigenvalue weighted by Gasteiger charge is 2.49. The molecule has 4 rings (SSSR count). The predicted molar refractivity (Wildman–Crippen MR) is 104 cm³/mol. The van der Waals surface area contributed by atoms with Crippen LogP contribution in [-0.4, -0.2) is 57.1 Å². The Bertz CT molecular complexity index is 1050.